The van der Waals surface area contributed by atoms with Gasteiger partial charge < -0.3 is 11.1 Å². The average molecular weight is 241 g/mol. The van der Waals surface area contributed by atoms with E-state index in [0.29, 0.717) is 5.69 Å². The normalized spacial score (nSPS) is 10.3. The second-order valence-corrected chi connectivity index (χ2v) is 4.62. The Morgan fingerprint density at radius 2 is 2.00 bits per heavy atom. The van der Waals surface area contributed by atoms with Gasteiger partial charge in [0.25, 0.3) is 0 Å². The van der Waals surface area contributed by atoms with Crippen molar-refractivity contribution in [3.8, 4) is 0 Å². The number of benzene rings is 1. The third-order valence-electron chi connectivity index (χ3n) is 2.84. The molecule has 0 unspecified atom stereocenters. The molecule has 0 aliphatic rings. The summed E-state index contributed by atoms with van der Waals surface area (Å²) in [5.74, 6) is 0.772. The number of anilines is 2. The van der Waals surface area contributed by atoms with Gasteiger partial charge >= 0.3 is 0 Å². The van der Waals surface area contributed by atoms with Crippen molar-refractivity contribution in [3.05, 3.63) is 53.2 Å². The van der Waals surface area contributed by atoms with Crippen LogP contribution in [0.1, 0.15) is 16.7 Å². The monoisotopic (exact) mass is 241 g/mol. The third kappa shape index (κ3) is 3.23. The molecule has 2 rings (SSSR count). The number of nitrogens with one attached hydrogen (secondary N) is 1. The maximum Gasteiger partial charge on any atom is 0.149 e. The highest BCUT2D eigenvalue weighted by atomic mass is 15.0. The number of nitrogen functional groups attached to an aromatic ring is 1. The van der Waals surface area contributed by atoms with E-state index in [4.69, 9.17) is 5.73 Å². The fraction of sp³-hybridized carbons (Fsp3) is 0.267. The molecular weight excluding hydrogens is 222 g/mol. The molecular formula is C15H19N3. The van der Waals surface area contributed by atoms with E-state index in [1.807, 2.05) is 19.2 Å². The first-order chi connectivity index (χ1) is 8.65. The fourth-order valence-corrected chi connectivity index (χ4v) is 1.93. The summed E-state index contributed by atoms with van der Waals surface area (Å²) in [6.45, 7) is 4.93. The highest BCUT2D eigenvalue weighted by Gasteiger charge is 2.00. The van der Waals surface area contributed by atoms with Crippen molar-refractivity contribution in [1.29, 1.82) is 0 Å². The van der Waals surface area contributed by atoms with Gasteiger partial charge in [-0.2, -0.15) is 0 Å². The van der Waals surface area contributed by atoms with Gasteiger partial charge in [-0.1, -0.05) is 29.8 Å². The lowest BCUT2D eigenvalue weighted by molar-refractivity contribution is 1.00. The minimum Gasteiger partial charge on any atom is -0.396 e. The Balaban J connectivity index is 1.92. The van der Waals surface area contributed by atoms with Crippen LogP contribution >= 0.6 is 0 Å². The van der Waals surface area contributed by atoms with Gasteiger partial charge in [-0.3, -0.25) is 0 Å². The van der Waals surface area contributed by atoms with Crippen LogP contribution in [-0.4, -0.2) is 11.5 Å². The predicted octanol–water partition coefficient (Wildman–Crippen LogP) is 2.94. The summed E-state index contributed by atoms with van der Waals surface area (Å²) in [6, 6.07) is 10.5. The van der Waals surface area contributed by atoms with Crippen molar-refractivity contribution in [3.63, 3.8) is 0 Å². The summed E-state index contributed by atoms with van der Waals surface area (Å²) in [7, 11) is 0. The van der Waals surface area contributed by atoms with E-state index in [1.54, 1.807) is 0 Å². The van der Waals surface area contributed by atoms with E-state index in [9.17, 15) is 0 Å². The second kappa shape index (κ2) is 5.54. The zero-order valence-electron chi connectivity index (χ0n) is 10.9. The molecule has 1 aromatic heterocycles. The molecule has 3 heteroatoms. The molecule has 0 fully saturated rings. The van der Waals surface area contributed by atoms with Crippen molar-refractivity contribution in [1.82, 2.24) is 4.98 Å². The Hall–Kier alpha value is -2.03. The molecule has 0 aliphatic heterocycles. The first-order valence-corrected chi connectivity index (χ1v) is 6.16. The lowest BCUT2D eigenvalue weighted by atomic mass is 10.1. The maximum atomic E-state index is 5.90. The summed E-state index contributed by atoms with van der Waals surface area (Å²) in [5.41, 5.74) is 10.3. The molecule has 0 saturated carbocycles. The average Bonchev–Trinajstić information content (AvgIpc) is 2.32. The summed E-state index contributed by atoms with van der Waals surface area (Å²) in [6.07, 6.45) is 2.79. The third-order valence-corrected chi connectivity index (χ3v) is 2.84. The van der Waals surface area contributed by atoms with Gasteiger partial charge in [0.2, 0.25) is 0 Å². The van der Waals surface area contributed by atoms with E-state index >= 15 is 0 Å². The number of nitrogens with two attached hydrogens (primary N) is 1. The van der Waals surface area contributed by atoms with Crippen molar-refractivity contribution in [2.45, 2.75) is 20.3 Å². The zero-order valence-corrected chi connectivity index (χ0v) is 10.9. The first kappa shape index (κ1) is 12.4. The van der Waals surface area contributed by atoms with Gasteiger partial charge in [0, 0.05) is 12.7 Å². The van der Waals surface area contributed by atoms with Crippen LogP contribution in [0, 0.1) is 13.8 Å². The Bertz CT molecular complexity index is 535. The van der Waals surface area contributed by atoms with Crippen LogP contribution in [0.3, 0.4) is 0 Å². The second-order valence-electron chi connectivity index (χ2n) is 4.62. The number of hydrogen-bond donors (Lipinski definition) is 2. The van der Waals surface area contributed by atoms with E-state index < -0.39 is 0 Å². The van der Waals surface area contributed by atoms with Crippen LogP contribution in [-0.2, 0) is 6.42 Å². The fourth-order valence-electron chi connectivity index (χ4n) is 1.93. The quantitative estimate of drug-likeness (QED) is 0.865. The first-order valence-electron chi connectivity index (χ1n) is 6.16. The van der Waals surface area contributed by atoms with Gasteiger partial charge in [-0.05, 0) is 37.5 Å². The molecule has 18 heavy (non-hydrogen) atoms. The number of pyridine rings is 1. The van der Waals surface area contributed by atoms with Crippen LogP contribution in [0.25, 0.3) is 0 Å². The van der Waals surface area contributed by atoms with Gasteiger partial charge in [0.15, 0.2) is 0 Å². The molecule has 0 atom stereocenters. The summed E-state index contributed by atoms with van der Waals surface area (Å²) < 4.78 is 0. The van der Waals surface area contributed by atoms with E-state index in [2.05, 4.69) is 41.5 Å². The van der Waals surface area contributed by atoms with E-state index in [0.717, 1.165) is 24.3 Å². The number of rotatable bonds is 4. The van der Waals surface area contributed by atoms with Crippen molar-refractivity contribution >= 4 is 11.5 Å². The largest absolute Gasteiger partial charge is 0.396 e. The minimum atomic E-state index is 0.708. The summed E-state index contributed by atoms with van der Waals surface area (Å²) >= 11 is 0. The Labute approximate surface area is 108 Å². The zero-order chi connectivity index (χ0) is 13.0. The van der Waals surface area contributed by atoms with Crippen LogP contribution in [0.2, 0.25) is 0 Å². The Kier molecular flexibility index (Phi) is 3.82. The molecule has 0 aliphatic carbocycles. The van der Waals surface area contributed by atoms with Gasteiger partial charge in [-0.15, -0.1) is 0 Å². The lowest BCUT2D eigenvalue weighted by Crippen LogP contribution is -2.08. The lowest BCUT2D eigenvalue weighted by Gasteiger charge is -2.09. The number of hydrogen-bond acceptors (Lipinski definition) is 3. The molecule has 0 bridgehead atoms. The Morgan fingerprint density at radius 1 is 1.17 bits per heavy atom. The number of nitrogens with zero attached hydrogens (tertiary/aromatic N) is 1. The molecule has 3 N–H and O–H groups in total. The molecule has 3 nitrogen and oxygen atoms in total. The van der Waals surface area contributed by atoms with Crippen LogP contribution in [0.5, 0.6) is 0 Å². The van der Waals surface area contributed by atoms with Gasteiger partial charge in [-0.25, -0.2) is 4.98 Å². The molecule has 2 aromatic rings. The highest BCUT2D eigenvalue weighted by molar-refractivity contribution is 5.61. The van der Waals surface area contributed by atoms with Gasteiger partial charge in [0.05, 0.1) is 5.69 Å². The van der Waals surface area contributed by atoms with Crippen LogP contribution < -0.4 is 11.1 Å². The highest BCUT2D eigenvalue weighted by Crippen LogP contribution is 2.15. The van der Waals surface area contributed by atoms with Gasteiger partial charge in [0.1, 0.15) is 5.82 Å². The molecule has 0 amide bonds. The molecule has 1 aromatic carbocycles. The van der Waals surface area contributed by atoms with E-state index in [-0.39, 0.29) is 0 Å². The number of aromatic nitrogens is 1. The summed E-state index contributed by atoms with van der Waals surface area (Å²) in [4.78, 5) is 4.29. The smallest absolute Gasteiger partial charge is 0.149 e. The van der Waals surface area contributed by atoms with E-state index in [1.165, 1.54) is 11.1 Å². The van der Waals surface area contributed by atoms with Crippen molar-refractivity contribution in [2.75, 3.05) is 17.6 Å². The van der Waals surface area contributed by atoms with Crippen LogP contribution in [0.15, 0.2) is 36.5 Å². The van der Waals surface area contributed by atoms with Crippen molar-refractivity contribution < 1.29 is 0 Å². The SMILES string of the molecule is Cc1cccc(CCNc2ncc(C)cc2N)c1. The molecule has 1 heterocycles. The minimum absolute atomic E-state index is 0.708. The molecule has 0 radical (unpaired) electrons. The van der Waals surface area contributed by atoms with Crippen LogP contribution in [0.4, 0.5) is 11.5 Å². The summed E-state index contributed by atoms with van der Waals surface area (Å²) in [5, 5.41) is 3.27. The standard InChI is InChI=1S/C15H19N3/c1-11-4-3-5-13(8-11)6-7-17-15-14(16)9-12(2)10-18-15/h3-5,8-10H,6-7,16H2,1-2H3,(H,17,18). The molecule has 94 valence electrons. The molecule has 0 saturated heterocycles. The topological polar surface area (TPSA) is 50.9 Å². The number of aryl methyl sites for hydroxylation is 2. The Morgan fingerprint density at radius 3 is 2.72 bits per heavy atom. The molecule has 0 spiro atoms. The van der Waals surface area contributed by atoms with Crippen molar-refractivity contribution in [2.24, 2.45) is 0 Å². The predicted molar refractivity (Wildman–Crippen MR) is 76.8 cm³/mol. The maximum absolute atomic E-state index is 5.90.